The molecule has 0 saturated carbocycles. The third-order valence-corrected chi connectivity index (χ3v) is 7.04. The molecule has 1 aliphatic rings. The summed E-state index contributed by atoms with van der Waals surface area (Å²) in [4.78, 5) is 22.4. The minimum Gasteiger partial charge on any atom is -0.497 e. The van der Waals surface area contributed by atoms with E-state index in [0.717, 1.165) is 23.3 Å². The van der Waals surface area contributed by atoms with Gasteiger partial charge in [-0.1, -0.05) is 69.8 Å². The molecule has 1 atom stereocenters. The largest absolute Gasteiger partial charge is 0.497 e. The molecule has 0 spiro atoms. The van der Waals surface area contributed by atoms with E-state index in [-0.39, 0.29) is 17.5 Å². The Morgan fingerprint density at radius 1 is 1.11 bits per heavy atom. The van der Waals surface area contributed by atoms with E-state index in [9.17, 15) is 4.79 Å². The van der Waals surface area contributed by atoms with Crippen molar-refractivity contribution in [3.8, 4) is 5.75 Å². The zero-order valence-corrected chi connectivity index (χ0v) is 22.9. The van der Waals surface area contributed by atoms with E-state index >= 15 is 0 Å². The lowest BCUT2D eigenvalue weighted by atomic mass is 9.86. The van der Waals surface area contributed by atoms with Crippen LogP contribution >= 0.6 is 0 Å². The van der Waals surface area contributed by atoms with Crippen molar-refractivity contribution in [3.63, 3.8) is 0 Å². The molecule has 0 bridgehead atoms. The van der Waals surface area contributed by atoms with E-state index in [2.05, 4.69) is 73.6 Å². The molecule has 1 unspecified atom stereocenters. The molecule has 192 valence electrons. The number of hydrogen-bond donors (Lipinski definition) is 0. The maximum atomic E-state index is 13.8. The first-order chi connectivity index (χ1) is 17.0. The van der Waals surface area contributed by atoms with Crippen LogP contribution in [0.1, 0.15) is 64.4 Å². The van der Waals surface area contributed by atoms with E-state index in [4.69, 9.17) is 4.74 Å². The zero-order chi connectivity index (χ0) is 26.5. The molecule has 5 nitrogen and oxygen atoms in total. The van der Waals surface area contributed by atoms with E-state index in [1.807, 2.05) is 50.1 Å². The lowest BCUT2D eigenvalue weighted by Gasteiger charge is -2.35. The maximum Gasteiger partial charge on any atom is 0.244 e. The van der Waals surface area contributed by atoms with Crippen molar-refractivity contribution in [2.45, 2.75) is 65.1 Å². The molecular weight excluding hydrogens is 446 g/mol. The smallest absolute Gasteiger partial charge is 0.244 e. The van der Waals surface area contributed by atoms with Gasteiger partial charge >= 0.3 is 0 Å². The van der Waals surface area contributed by atoms with E-state index in [1.54, 1.807) is 7.11 Å². The Morgan fingerprint density at radius 3 is 2.28 bits per heavy atom. The maximum absolute atomic E-state index is 13.8. The minimum atomic E-state index is -0.663. The highest BCUT2D eigenvalue weighted by atomic mass is 16.5. The Morgan fingerprint density at radius 2 is 1.75 bits per heavy atom. The number of carbonyl (C=O) groups excluding carboxylic acids is 1. The van der Waals surface area contributed by atoms with E-state index < -0.39 is 5.54 Å². The summed E-state index contributed by atoms with van der Waals surface area (Å²) in [6.07, 6.45) is 6.01. The van der Waals surface area contributed by atoms with Crippen LogP contribution in [0.25, 0.3) is 0 Å². The van der Waals surface area contributed by atoms with Crippen LogP contribution in [0.5, 0.6) is 5.75 Å². The van der Waals surface area contributed by atoms with Crippen molar-refractivity contribution < 1.29 is 9.53 Å². The number of nitrogens with zero attached hydrogens (tertiary/aromatic N) is 3. The normalized spacial score (nSPS) is 18.8. The van der Waals surface area contributed by atoms with Gasteiger partial charge in [-0.15, -0.1) is 0 Å². The van der Waals surface area contributed by atoms with Crippen molar-refractivity contribution in [1.82, 2.24) is 9.80 Å². The molecule has 0 N–H and O–H groups in total. The summed E-state index contributed by atoms with van der Waals surface area (Å²) in [5, 5.41) is 0. The number of methoxy groups -OCH3 is 1. The Hall–Kier alpha value is -3.18. The highest BCUT2D eigenvalue weighted by molar-refractivity contribution is 5.89. The number of carbonyl (C=O) groups is 1. The average Bonchev–Trinajstić information content (AvgIpc) is 3.04. The quantitative estimate of drug-likeness (QED) is 0.389. The van der Waals surface area contributed by atoms with Gasteiger partial charge in [-0.25, -0.2) is 0 Å². The number of rotatable bonds is 9. The molecule has 3 rings (SSSR count). The Bertz CT molecular complexity index is 1110. The molecule has 5 heteroatoms. The van der Waals surface area contributed by atoms with Crippen LogP contribution in [0.4, 0.5) is 0 Å². The standard InChI is InChI=1S/C31H41N3O2/c1-9-23(21-32-10-2)22-34-28(25-13-15-26(16-14-25)30(3,4)5)33(29(35)31(34,6)7)20-19-24-11-17-27(36-8)18-12-24/h9-18,21,28H,2,19-20,22H2,1,3-8H3/b23-9+,32-21?. The van der Waals surface area contributed by atoms with E-state index in [1.165, 1.54) is 17.3 Å². The summed E-state index contributed by atoms with van der Waals surface area (Å²) in [7, 11) is 1.67. The number of benzene rings is 2. The van der Waals surface area contributed by atoms with Gasteiger partial charge in [-0.05, 0) is 67.0 Å². The Kier molecular flexibility index (Phi) is 8.57. The summed E-state index contributed by atoms with van der Waals surface area (Å²) in [6.45, 7) is 17.6. The third kappa shape index (κ3) is 5.96. The van der Waals surface area contributed by atoms with Crippen molar-refractivity contribution in [2.24, 2.45) is 4.99 Å². The third-order valence-electron chi connectivity index (χ3n) is 7.04. The summed E-state index contributed by atoms with van der Waals surface area (Å²) >= 11 is 0. The topological polar surface area (TPSA) is 45.1 Å². The van der Waals surface area contributed by atoms with Gasteiger partial charge in [0.2, 0.25) is 5.91 Å². The molecule has 1 heterocycles. The second-order valence-electron chi connectivity index (χ2n) is 10.9. The number of hydrogen-bond acceptors (Lipinski definition) is 4. The molecule has 0 aromatic heterocycles. The highest BCUT2D eigenvalue weighted by Crippen LogP contribution is 2.41. The predicted octanol–water partition coefficient (Wildman–Crippen LogP) is 6.32. The molecule has 0 radical (unpaired) electrons. The molecule has 1 saturated heterocycles. The van der Waals surface area contributed by atoms with Gasteiger partial charge in [0.15, 0.2) is 0 Å². The summed E-state index contributed by atoms with van der Waals surface area (Å²) < 4.78 is 5.30. The van der Waals surface area contributed by atoms with Gasteiger partial charge in [0.25, 0.3) is 0 Å². The molecule has 2 aromatic carbocycles. The second kappa shape index (κ2) is 11.3. The minimum absolute atomic E-state index is 0.0658. The predicted molar refractivity (Wildman–Crippen MR) is 150 cm³/mol. The monoisotopic (exact) mass is 487 g/mol. The molecule has 2 aromatic rings. The van der Waals surface area contributed by atoms with Gasteiger partial charge in [0, 0.05) is 25.5 Å². The van der Waals surface area contributed by atoms with Crippen LogP contribution in [0, 0.1) is 0 Å². The summed E-state index contributed by atoms with van der Waals surface area (Å²) in [6, 6.07) is 16.8. The lowest BCUT2D eigenvalue weighted by molar-refractivity contribution is -0.132. The SMILES string of the molecule is C=CN=C/C(=C\C)CN1C(c2ccc(C(C)(C)C)cc2)N(CCc2ccc(OC)cc2)C(=O)C1(C)C. The van der Waals surface area contributed by atoms with Crippen molar-refractivity contribution in [1.29, 1.82) is 0 Å². The number of aliphatic imine (C=N–C) groups is 1. The number of amides is 1. The molecule has 36 heavy (non-hydrogen) atoms. The number of ether oxygens (including phenoxy) is 1. The van der Waals surface area contributed by atoms with Crippen molar-refractivity contribution in [3.05, 3.63) is 89.6 Å². The van der Waals surface area contributed by atoms with Gasteiger partial charge in [0.1, 0.15) is 11.9 Å². The fourth-order valence-electron chi connectivity index (χ4n) is 4.68. The number of allylic oxidation sites excluding steroid dienone is 1. The lowest BCUT2D eigenvalue weighted by Crippen LogP contribution is -2.44. The molecule has 0 aliphatic carbocycles. The fourth-order valence-corrected chi connectivity index (χ4v) is 4.68. The highest BCUT2D eigenvalue weighted by Gasteiger charge is 2.51. The van der Waals surface area contributed by atoms with E-state index in [0.29, 0.717) is 13.1 Å². The summed E-state index contributed by atoms with van der Waals surface area (Å²) in [5.74, 6) is 0.970. The Balaban J connectivity index is 1.99. The van der Waals surface area contributed by atoms with Gasteiger partial charge in [-0.2, -0.15) is 0 Å². The first-order valence-corrected chi connectivity index (χ1v) is 12.6. The van der Waals surface area contributed by atoms with Crippen LogP contribution < -0.4 is 4.74 Å². The van der Waals surface area contributed by atoms with Crippen LogP contribution in [-0.2, 0) is 16.6 Å². The molecular formula is C31H41N3O2. The van der Waals surface area contributed by atoms with Gasteiger partial charge in [-0.3, -0.25) is 14.7 Å². The van der Waals surface area contributed by atoms with Gasteiger partial charge < -0.3 is 9.64 Å². The van der Waals surface area contributed by atoms with Crippen LogP contribution in [-0.4, -0.2) is 47.7 Å². The van der Waals surface area contributed by atoms with Crippen LogP contribution in [0.15, 0.2) is 78.0 Å². The first kappa shape index (κ1) is 27.4. The summed E-state index contributed by atoms with van der Waals surface area (Å²) in [5.41, 5.74) is 4.02. The Labute approximate surface area is 217 Å². The van der Waals surface area contributed by atoms with Crippen molar-refractivity contribution in [2.75, 3.05) is 20.2 Å². The van der Waals surface area contributed by atoms with Crippen molar-refractivity contribution >= 4 is 12.1 Å². The van der Waals surface area contributed by atoms with Gasteiger partial charge in [0.05, 0.1) is 12.6 Å². The van der Waals surface area contributed by atoms with Crippen LogP contribution in [0.3, 0.4) is 0 Å². The molecule has 1 aliphatic heterocycles. The zero-order valence-electron chi connectivity index (χ0n) is 22.9. The average molecular weight is 488 g/mol. The second-order valence-corrected chi connectivity index (χ2v) is 10.9. The fraction of sp³-hybridized carbons (Fsp3) is 0.419. The molecule has 1 fully saturated rings. The first-order valence-electron chi connectivity index (χ1n) is 12.6. The molecule has 1 amide bonds. The van der Waals surface area contributed by atoms with Crippen LogP contribution in [0.2, 0.25) is 0 Å².